The molecule has 0 spiro atoms. The molecule has 1 heterocycles. The highest BCUT2D eigenvalue weighted by molar-refractivity contribution is 8.00. The second-order valence-corrected chi connectivity index (χ2v) is 7.83. The van der Waals surface area contributed by atoms with Crippen molar-refractivity contribution in [3.05, 3.63) is 28.7 Å². The van der Waals surface area contributed by atoms with Gasteiger partial charge in [-0.25, -0.2) is 4.79 Å². The fourth-order valence-electron chi connectivity index (χ4n) is 2.82. The summed E-state index contributed by atoms with van der Waals surface area (Å²) >= 11 is 3.05. The van der Waals surface area contributed by atoms with Crippen LogP contribution in [0.5, 0.6) is 0 Å². The summed E-state index contributed by atoms with van der Waals surface area (Å²) in [7, 11) is 0. The van der Waals surface area contributed by atoms with Gasteiger partial charge < -0.3 is 10.1 Å². The fraction of sp³-hybridized carbons (Fsp3) is 0.556. The molecule has 0 saturated carbocycles. The van der Waals surface area contributed by atoms with Crippen molar-refractivity contribution in [2.24, 2.45) is 0 Å². The van der Waals surface area contributed by atoms with Crippen LogP contribution in [-0.2, 0) is 22.4 Å². The first-order chi connectivity index (χ1) is 11.7. The van der Waals surface area contributed by atoms with Crippen LogP contribution in [0.15, 0.2) is 12.7 Å². The van der Waals surface area contributed by atoms with Crippen LogP contribution in [0, 0.1) is 0 Å². The van der Waals surface area contributed by atoms with Gasteiger partial charge in [-0.15, -0.1) is 29.7 Å². The Morgan fingerprint density at radius 3 is 2.75 bits per heavy atom. The lowest BCUT2D eigenvalue weighted by Crippen LogP contribution is -2.17. The molecule has 0 saturated heterocycles. The largest absolute Gasteiger partial charge is 0.462 e. The van der Waals surface area contributed by atoms with Crippen molar-refractivity contribution in [2.75, 3.05) is 23.4 Å². The number of thiophene rings is 1. The fourth-order valence-corrected chi connectivity index (χ4v) is 4.66. The van der Waals surface area contributed by atoms with Crippen LogP contribution in [0.25, 0.3) is 0 Å². The SMILES string of the molecule is C=CCSCC(=O)Nc1sc2c(c1C(=O)OCC)CCCCCC2. The highest BCUT2D eigenvalue weighted by Crippen LogP contribution is 2.37. The number of esters is 1. The van der Waals surface area contributed by atoms with Gasteiger partial charge in [0.25, 0.3) is 0 Å². The third kappa shape index (κ3) is 5.11. The second-order valence-electron chi connectivity index (χ2n) is 5.69. The van der Waals surface area contributed by atoms with E-state index in [-0.39, 0.29) is 11.9 Å². The molecule has 1 N–H and O–H groups in total. The molecule has 1 aromatic heterocycles. The van der Waals surface area contributed by atoms with Crippen LogP contribution >= 0.6 is 23.1 Å². The Labute approximate surface area is 152 Å². The van der Waals surface area contributed by atoms with E-state index in [1.807, 2.05) is 0 Å². The monoisotopic (exact) mass is 367 g/mol. The molecule has 1 aliphatic rings. The van der Waals surface area contributed by atoms with E-state index in [2.05, 4.69) is 11.9 Å². The van der Waals surface area contributed by atoms with E-state index in [9.17, 15) is 9.59 Å². The molecule has 0 aliphatic heterocycles. The van der Waals surface area contributed by atoms with Crippen molar-refractivity contribution in [1.82, 2.24) is 0 Å². The highest BCUT2D eigenvalue weighted by atomic mass is 32.2. The Morgan fingerprint density at radius 1 is 1.29 bits per heavy atom. The van der Waals surface area contributed by atoms with E-state index >= 15 is 0 Å². The summed E-state index contributed by atoms with van der Waals surface area (Å²) in [6, 6.07) is 0. The Kier molecular flexibility index (Phi) is 7.85. The maximum atomic E-state index is 12.5. The van der Waals surface area contributed by atoms with Crippen LogP contribution in [0.1, 0.15) is 53.4 Å². The average molecular weight is 368 g/mol. The molecule has 0 fully saturated rings. The molecular formula is C18H25NO3S2. The number of hydrogen-bond donors (Lipinski definition) is 1. The molecule has 6 heteroatoms. The van der Waals surface area contributed by atoms with Crippen molar-refractivity contribution in [3.8, 4) is 0 Å². The molecular weight excluding hydrogens is 342 g/mol. The summed E-state index contributed by atoms with van der Waals surface area (Å²) < 4.78 is 5.24. The van der Waals surface area contributed by atoms with Gasteiger partial charge >= 0.3 is 5.97 Å². The van der Waals surface area contributed by atoms with Crippen molar-refractivity contribution in [3.63, 3.8) is 0 Å². The summed E-state index contributed by atoms with van der Waals surface area (Å²) in [5, 5.41) is 3.59. The van der Waals surface area contributed by atoms with Gasteiger partial charge in [0, 0.05) is 10.6 Å². The number of fused-ring (bicyclic) bond motifs is 1. The zero-order valence-electron chi connectivity index (χ0n) is 14.2. The summed E-state index contributed by atoms with van der Waals surface area (Å²) in [5.74, 6) is 0.696. The molecule has 0 aromatic carbocycles. The second kappa shape index (κ2) is 9.89. The van der Waals surface area contributed by atoms with Gasteiger partial charge in [0.15, 0.2) is 0 Å². The van der Waals surface area contributed by atoms with Crippen LogP contribution < -0.4 is 5.32 Å². The molecule has 2 rings (SSSR count). The first kappa shape index (κ1) is 19.1. The molecule has 4 nitrogen and oxygen atoms in total. The minimum atomic E-state index is -0.315. The Balaban J connectivity index is 2.24. The molecule has 1 aromatic rings. The molecule has 0 atom stereocenters. The van der Waals surface area contributed by atoms with Crippen LogP contribution in [-0.4, -0.2) is 30.0 Å². The van der Waals surface area contributed by atoms with E-state index < -0.39 is 0 Å². The summed E-state index contributed by atoms with van der Waals surface area (Å²) in [6.07, 6.45) is 8.29. The van der Waals surface area contributed by atoms with Crippen molar-refractivity contribution < 1.29 is 14.3 Å². The van der Waals surface area contributed by atoms with Gasteiger partial charge in [-0.1, -0.05) is 18.9 Å². The van der Waals surface area contributed by atoms with E-state index in [4.69, 9.17) is 4.74 Å². The van der Waals surface area contributed by atoms with E-state index in [0.29, 0.717) is 22.9 Å². The number of nitrogens with one attached hydrogen (secondary N) is 1. The van der Waals surface area contributed by atoms with E-state index in [1.165, 1.54) is 29.5 Å². The van der Waals surface area contributed by atoms with Crippen molar-refractivity contribution in [1.29, 1.82) is 0 Å². The standard InChI is InChI=1S/C18H25NO3S2/c1-3-11-23-12-15(20)19-17-16(18(21)22-4-2)13-9-7-5-6-8-10-14(13)24-17/h3H,1,4-12H2,2H3,(H,19,20). The smallest absolute Gasteiger partial charge is 0.341 e. The Bertz CT molecular complexity index is 595. The normalized spacial score (nSPS) is 14.2. The molecule has 0 radical (unpaired) electrons. The molecule has 132 valence electrons. The lowest BCUT2D eigenvalue weighted by molar-refractivity contribution is -0.113. The maximum absolute atomic E-state index is 12.5. The number of aryl methyl sites for hydroxylation is 1. The number of rotatable bonds is 7. The zero-order valence-corrected chi connectivity index (χ0v) is 15.8. The molecule has 0 bridgehead atoms. The van der Waals surface area contributed by atoms with Crippen LogP contribution in [0.3, 0.4) is 0 Å². The number of ether oxygens (including phenoxy) is 1. The van der Waals surface area contributed by atoms with Crippen molar-refractivity contribution >= 4 is 40.0 Å². The number of anilines is 1. The van der Waals surface area contributed by atoms with Gasteiger partial charge in [-0.3, -0.25) is 4.79 Å². The predicted octanol–water partition coefficient (Wildman–Crippen LogP) is 4.44. The molecule has 0 unspecified atom stereocenters. The molecule has 24 heavy (non-hydrogen) atoms. The number of carbonyl (C=O) groups excluding carboxylic acids is 2. The number of carbonyl (C=O) groups is 2. The summed E-state index contributed by atoms with van der Waals surface area (Å²) in [5.41, 5.74) is 1.67. The quantitative estimate of drug-likeness (QED) is 0.440. The van der Waals surface area contributed by atoms with E-state index in [0.717, 1.165) is 37.0 Å². The minimum Gasteiger partial charge on any atom is -0.462 e. The number of thioether (sulfide) groups is 1. The minimum absolute atomic E-state index is 0.0818. The first-order valence-electron chi connectivity index (χ1n) is 8.47. The Morgan fingerprint density at radius 2 is 2.04 bits per heavy atom. The van der Waals surface area contributed by atoms with Gasteiger partial charge in [0.2, 0.25) is 5.91 Å². The third-order valence-electron chi connectivity index (χ3n) is 3.87. The van der Waals surface area contributed by atoms with Gasteiger partial charge in [-0.05, 0) is 38.2 Å². The zero-order chi connectivity index (χ0) is 17.4. The molecule has 1 aliphatic carbocycles. The topological polar surface area (TPSA) is 55.4 Å². The maximum Gasteiger partial charge on any atom is 0.341 e. The Hall–Kier alpha value is -1.27. The van der Waals surface area contributed by atoms with Crippen LogP contribution in [0.2, 0.25) is 0 Å². The van der Waals surface area contributed by atoms with Gasteiger partial charge in [0.05, 0.1) is 17.9 Å². The molecule has 1 amide bonds. The summed E-state index contributed by atoms with van der Waals surface area (Å²) in [4.78, 5) is 25.8. The van der Waals surface area contributed by atoms with Crippen molar-refractivity contribution in [2.45, 2.75) is 45.4 Å². The lowest BCUT2D eigenvalue weighted by Gasteiger charge is -2.11. The van der Waals surface area contributed by atoms with Crippen LogP contribution in [0.4, 0.5) is 5.00 Å². The van der Waals surface area contributed by atoms with Gasteiger partial charge in [-0.2, -0.15) is 0 Å². The highest BCUT2D eigenvalue weighted by Gasteiger charge is 2.26. The van der Waals surface area contributed by atoms with Gasteiger partial charge in [0.1, 0.15) is 5.00 Å². The predicted molar refractivity (Wildman–Crippen MR) is 102 cm³/mol. The average Bonchev–Trinajstić information content (AvgIpc) is 2.84. The number of amides is 1. The third-order valence-corrected chi connectivity index (χ3v) is 6.02. The summed E-state index contributed by atoms with van der Waals surface area (Å²) in [6.45, 7) is 5.79. The lowest BCUT2D eigenvalue weighted by atomic mass is 9.96. The van der Waals surface area contributed by atoms with E-state index in [1.54, 1.807) is 24.3 Å². The first-order valence-corrected chi connectivity index (χ1v) is 10.4. The number of hydrogen-bond acceptors (Lipinski definition) is 5.